The average molecular weight is 643 g/mol. The highest BCUT2D eigenvalue weighted by Gasteiger charge is 2.34. The maximum atomic E-state index is 12.6. The lowest BCUT2D eigenvalue weighted by Gasteiger charge is -2.10. The molecule has 13 heteroatoms. The van der Waals surface area contributed by atoms with Crippen LogP contribution < -0.4 is 5.32 Å². The van der Waals surface area contributed by atoms with E-state index in [1.807, 2.05) is 0 Å². The molecule has 0 atom stereocenters. The minimum atomic E-state index is -0.520. The van der Waals surface area contributed by atoms with Crippen LogP contribution in [0.25, 0.3) is 0 Å². The second kappa shape index (κ2) is 10.7. The number of amidine groups is 1. The lowest BCUT2D eigenvalue weighted by atomic mass is 10.1. The van der Waals surface area contributed by atoms with Crippen LogP contribution in [-0.2, 0) is 0 Å². The van der Waals surface area contributed by atoms with Crippen LogP contribution in [0.3, 0.4) is 0 Å². The monoisotopic (exact) mass is 639 g/mol. The standard InChI is InChI=1S/C23H9Cl8N3O2/c1-7-10(32-5-8-9(6-35)15(25)19(29)18(28)14(8)24)3-2-4-11(7)33-22-12-13(23(36)34-22)17(27)21(31)20(30)16(12)26/h2-6H,1H3,(H,33,34,36). The van der Waals surface area contributed by atoms with Crippen molar-refractivity contribution in [3.8, 4) is 0 Å². The Hall–Kier alpha value is -1.54. The number of hydrogen-bond donors (Lipinski definition) is 1. The van der Waals surface area contributed by atoms with E-state index in [9.17, 15) is 9.59 Å². The maximum absolute atomic E-state index is 12.6. The van der Waals surface area contributed by atoms with E-state index >= 15 is 0 Å². The molecule has 1 N–H and O–H groups in total. The molecule has 1 heterocycles. The number of aliphatic imine (C=N–C) groups is 2. The van der Waals surface area contributed by atoms with Crippen molar-refractivity contribution in [1.82, 2.24) is 5.32 Å². The van der Waals surface area contributed by atoms with Crippen LogP contribution in [0.2, 0.25) is 40.2 Å². The number of hydrogen-bond acceptors (Lipinski definition) is 4. The van der Waals surface area contributed by atoms with Crippen molar-refractivity contribution < 1.29 is 9.59 Å². The van der Waals surface area contributed by atoms with Gasteiger partial charge in [0.25, 0.3) is 5.91 Å². The van der Waals surface area contributed by atoms with Crippen molar-refractivity contribution in [2.24, 2.45) is 9.98 Å². The first-order valence-corrected chi connectivity index (χ1v) is 12.7. The summed E-state index contributed by atoms with van der Waals surface area (Å²) in [7, 11) is 0. The van der Waals surface area contributed by atoms with Gasteiger partial charge in [-0.05, 0) is 19.1 Å². The van der Waals surface area contributed by atoms with Gasteiger partial charge in [-0.2, -0.15) is 0 Å². The average Bonchev–Trinajstić information content (AvgIpc) is 3.18. The van der Waals surface area contributed by atoms with Gasteiger partial charge in [-0.25, -0.2) is 4.99 Å². The first-order chi connectivity index (χ1) is 17.0. The van der Waals surface area contributed by atoms with Gasteiger partial charge in [0.05, 0.1) is 62.7 Å². The highest BCUT2D eigenvalue weighted by Crippen LogP contribution is 2.44. The van der Waals surface area contributed by atoms with E-state index in [1.165, 1.54) is 6.21 Å². The summed E-state index contributed by atoms with van der Waals surface area (Å²) >= 11 is 49.5. The number of benzene rings is 3. The van der Waals surface area contributed by atoms with Gasteiger partial charge >= 0.3 is 0 Å². The number of nitrogens with one attached hydrogen (secondary N) is 1. The van der Waals surface area contributed by atoms with Crippen LogP contribution in [0.15, 0.2) is 28.2 Å². The highest BCUT2D eigenvalue weighted by molar-refractivity contribution is 6.55. The number of fused-ring (bicyclic) bond motifs is 1. The molecule has 0 saturated carbocycles. The second-order valence-corrected chi connectivity index (χ2v) is 10.3. The fourth-order valence-corrected chi connectivity index (χ4v) is 5.42. The normalized spacial score (nSPS) is 14.0. The van der Waals surface area contributed by atoms with E-state index < -0.39 is 5.91 Å². The van der Waals surface area contributed by atoms with E-state index in [1.54, 1.807) is 25.1 Å². The molecule has 0 radical (unpaired) electrons. The van der Waals surface area contributed by atoms with Crippen molar-refractivity contribution in [2.75, 3.05) is 0 Å². The molecular formula is C23H9Cl8N3O2. The summed E-state index contributed by atoms with van der Waals surface area (Å²) in [5.74, 6) is -0.374. The number of halogens is 8. The van der Waals surface area contributed by atoms with Gasteiger partial charge < -0.3 is 5.32 Å². The Morgan fingerprint density at radius 2 is 1.25 bits per heavy atom. The molecule has 0 fully saturated rings. The van der Waals surface area contributed by atoms with E-state index in [-0.39, 0.29) is 68.3 Å². The zero-order chi connectivity index (χ0) is 26.5. The van der Waals surface area contributed by atoms with E-state index in [2.05, 4.69) is 15.3 Å². The largest absolute Gasteiger partial charge is 0.306 e. The third kappa shape index (κ3) is 4.61. The molecule has 0 bridgehead atoms. The summed E-state index contributed by atoms with van der Waals surface area (Å²) in [6.45, 7) is 1.76. The Kier molecular flexibility index (Phi) is 8.15. The number of amides is 1. The molecule has 0 aromatic heterocycles. The molecule has 0 aliphatic carbocycles. The quantitative estimate of drug-likeness (QED) is 0.133. The SMILES string of the molecule is Cc1c(N=Cc2c(Cl)c(Cl)c(Cl)c(Cl)c2C=O)cccc1N=C1NC(=O)c2c(Cl)c(Cl)c(Cl)c(Cl)c21. The first-order valence-electron chi connectivity index (χ1n) is 9.70. The molecule has 3 aromatic rings. The molecule has 5 nitrogen and oxygen atoms in total. The summed E-state index contributed by atoms with van der Waals surface area (Å²) in [6.07, 6.45) is 1.87. The third-order valence-corrected chi connectivity index (χ3v) is 8.90. The predicted octanol–water partition coefficient (Wildman–Crippen LogP) is 9.61. The number of nitrogens with zero attached hydrogens (tertiary/aromatic N) is 2. The van der Waals surface area contributed by atoms with Crippen molar-refractivity contribution >= 4 is 128 Å². The lowest BCUT2D eigenvalue weighted by molar-refractivity contribution is 0.0983. The number of carbonyl (C=O) groups excluding carboxylic acids is 2. The molecule has 4 rings (SSSR count). The predicted molar refractivity (Wildman–Crippen MR) is 150 cm³/mol. The summed E-state index contributed by atoms with van der Waals surface area (Å²) in [4.78, 5) is 33.2. The molecular weight excluding hydrogens is 634 g/mol. The van der Waals surface area contributed by atoms with Gasteiger partial charge in [-0.3, -0.25) is 14.6 Å². The van der Waals surface area contributed by atoms with Gasteiger partial charge in [-0.1, -0.05) is 98.9 Å². The zero-order valence-corrected chi connectivity index (χ0v) is 23.7. The Balaban J connectivity index is 1.81. The highest BCUT2D eigenvalue weighted by atomic mass is 35.5. The Labute approximate surface area is 244 Å². The minimum absolute atomic E-state index is 0.00259. The lowest BCUT2D eigenvalue weighted by Crippen LogP contribution is -2.21. The van der Waals surface area contributed by atoms with E-state index in [0.29, 0.717) is 23.2 Å². The molecule has 1 aliphatic heterocycles. The summed E-state index contributed by atoms with van der Waals surface area (Å²) in [5.41, 5.74) is 2.13. The fraction of sp³-hybridized carbons (Fsp3) is 0.0435. The smallest absolute Gasteiger partial charge is 0.259 e. The molecule has 184 valence electrons. The summed E-state index contributed by atoms with van der Waals surface area (Å²) in [5, 5.41) is 2.58. The van der Waals surface area contributed by atoms with Crippen molar-refractivity contribution in [2.45, 2.75) is 6.92 Å². The van der Waals surface area contributed by atoms with Gasteiger partial charge in [0.1, 0.15) is 5.84 Å². The van der Waals surface area contributed by atoms with Gasteiger partial charge in [0.2, 0.25) is 0 Å². The van der Waals surface area contributed by atoms with Crippen LogP contribution in [-0.4, -0.2) is 24.2 Å². The van der Waals surface area contributed by atoms with Crippen LogP contribution in [0.4, 0.5) is 11.4 Å². The van der Waals surface area contributed by atoms with Crippen LogP contribution in [0.1, 0.15) is 37.4 Å². The van der Waals surface area contributed by atoms with Gasteiger partial charge in [0, 0.05) is 22.9 Å². The summed E-state index contributed by atoms with van der Waals surface area (Å²) < 4.78 is 0. The fourth-order valence-electron chi connectivity index (χ4n) is 3.42. The number of carbonyl (C=O) groups is 2. The van der Waals surface area contributed by atoms with Gasteiger partial charge in [-0.15, -0.1) is 0 Å². The number of aldehydes is 1. The molecule has 0 spiro atoms. The molecule has 36 heavy (non-hydrogen) atoms. The Morgan fingerprint density at radius 3 is 1.86 bits per heavy atom. The van der Waals surface area contributed by atoms with E-state index in [0.717, 1.165) is 0 Å². The summed E-state index contributed by atoms with van der Waals surface area (Å²) in [6, 6.07) is 5.12. The first kappa shape index (κ1) is 27.5. The third-order valence-electron chi connectivity index (χ3n) is 5.26. The molecule has 1 aliphatic rings. The molecule has 3 aromatic carbocycles. The Bertz CT molecular complexity index is 1550. The Morgan fingerprint density at radius 1 is 0.722 bits per heavy atom. The van der Waals surface area contributed by atoms with Crippen molar-refractivity contribution in [3.63, 3.8) is 0 Å². The molecule has 1 amide bonds. The van der Waals surface area contributed by atoms with Gasteiger partial charge in [0.15, 0.2) is 6.29 Å². The zero-order valence-electron chi connectivity index (χ0n) is 17.6. The second-order valence-electron chi connectivity index (χ2n) is 7.30. The van der Waals surface area contributed by atoms with Crippen LogP contribution >= 0.6 is 92.8 Å². The van der Waals surface area contributed by atoms with Crippen LogP contribution in [0.5, 0.6) is 0 Å². The topological polar surface area (TPSA) is 70.9 Å². The van der Waals surface area contributed by atoms with E-state index in [4.69, 9.17) is 92.8 Å². The molecule has 0 saturated heterocycles. The van der Waals surface area contributed by atoms with Crippen molar-refractivity contribution in [1.29, 1.82) is 0 Å². The van der Waals surface area contributed by atoms with Crippen molar-refractivity contribution in [3.05, 3.63) is 86.2 Å². The maximum Gasteiger partial charge on any atom is 0.259 e. The minimum Gasteiger partial charge on any atom is -0.306 e. The number of rotatable bonds is 4. The molecule has 0 unspecified atom stereocenters. The van der Waals surface area contributed by atoms with Crippen LogP contribution in [0, 0.1) is 6.92 Å².